The van der Waals surface area contributed by atoms with E-state index >= 15 is 0 Å². The number of nitrogens with one attached hydrogen (secondary N) is 1. The van der Waals surface area contributed by atoms with E-state index in [1.54, 1.807) is 11.1 Å². The van der Waals surface area contributed by atoms with Crippen LogP contribution in [0.3, 0.4) is 0 Å². The number of urea groups is 1. The maximum atomic E-state index is 12.0. The third-order valence-electron chi connectivity index (χ3n) is 3.69. The van der Waals surface area contributed by atoms with Crippen molar-refractivity contribution in [1.29, 1.82) is 0 Å². The van der Waals surface area contributed by atoms with Gasteiger partial charge in [-0.15, -0.1) is 0 Å². The average molecular weight is 291 g/mol. The molecule has 0 aromatic carbocycles. The van der Waals surface area contributed by atoms with Gasteiger partial charge in [-0.1, -0.05) is 6.07 Å². The Morgan fingerprint density at radius 3 is 2.95 bits per heavy atom. The average Bonchev–Trinajstić information content (AvgIpc) is 2.49. The van der Waals surface area contributed by atoms with Crippen LogP contribution in [0, 0.1) is 12.8 Å². The van der Waals surface area contributed by atoms with Crippen LogP contribution < -0.4 is 5.32 Å². The molecule has 1 saturated heterocycles. The number of nitrogens with zero attached hydrogens (tertiary/aromatic N) is 2. The molecule has 0 spiro atoms. The molecular formula is C15H21N3O3. The van der Waals surface area contributed by atoms with Crippen molar-refractivity contribution in [3.05, 3.63) is 29.6 Å². The van der Waals surface area contributed by atoms with Gasteiger partial charge >= 0.3 is 12.0 Å². The van der Waals surface area contributed by atoms with Gasteiger partial charge in [-0.3, -0.25) is 9.78 Å². The second-order valence-corrected chi connectivity index (χ2v) is 5.43. The highest BCUT2D eigenvalue weighted by atomic mass is 16.4. The van der Waals surface area contributed by atoms with Crippen LogP contribution in [0.5, 0.6) is 0 Å². The van der Waals surface area contributed by atoms with E-state index in [9.17, 15) is 9.59 Å². The molecule has 1 atom stereocenters. The normalized spacial score (nSPS) is 18.3. The summed E-state index contributed by atoms with van der Waals surface area (Å²) in [6.07, 6.45) is 3.86. The van der Waals surface area contributed by atoms with Crippen LogP contribution in [0.1, 0.15) is 24.1 Å². The topological polar surface area (TPSA) is 82.5 Å². The van der Waals surface area contributed by atoms with Crippen LogP contribution in [0.25, 0.3) is 0 Å². The Labute approximate surface area is 124 Å². The van der Waals surface area contributed by atoms with Crippen molar-refractivity contribution in [2.45, 2.75) is 26.2 Å². The van der Waals surface area contributed by atoms with Gasteiger partial charge < -0.3 is 15.3 Å². The molecule has 0 aliphatic carbocycles. The lowest BCUT2D eigenvalue weighted by Crippen LogP contribution is -2.47. The van der Waals surface area contributed by atoms with Gasteiger partial charge in [0.05, 0.1) is 5.92 Å². The zero-order valence-corrected chi connectivity index (χ0v) is 12.2. The number of carbonyl (C=O) groups is 2. The number of rotatable bonds is 4. The summed E-state index contributed by atoms with van der Waals surface area (Å²) in [5, 5.41) is 11.8. The fourth-order valence-electron chi connectivity index (χ4n) is 2.42. The van der Waals surface area contributed by atoms with Gasteiger partial charge in [0.25, 0.3) is 0 Å². The summed E-state index contributed by atoms with van der Waals surface area (Å²) in [6, 6.07) is 3.75. The van der Waals surface area contributed by atoms with E-state index < -0.39 is 11.9 Å². The van der Waals surface area contributed by atoms with Gasteiger partial charge in [-0.25, -0.2) is 4.79 Å². The Balaban J connectivity index is 1.76. The van der Waals surface area contributed by atoms with Crippen molar-refractivity contribution in [2.75, 3.05) is 19.6 Å². The maximum absolute atomic E-state index is 12.0. The third kappa shape index (κ3) is 4.44. The van der Waals surface area contributed by atoms with Gasteiger partial charge in [0.2, 0.25) is 0 Å². The van der Waals surface area contributed by atoms with Gasteiger partial charge in [0, 0.05) is 37.9 Å². The highest BCUT2D eigenvalue weighted by Crippen LogP contribution is 2.16. The largest absolute Gasteiger partial charge is 0.481 e. The van der Waals surface area contributed by atoms with Gasteiger partial charge in [0.1, 0.15) is 0 Å². The van der Waals surface area contributed by atoms with Gasteiger partial charge in [0.15, 0.2) is 0 Å². The first-order chi connectivity index (χ1) is 10.1. The molecule has 1 aromatic rings. The highest BCUT2D eigenvalue weighted by Gasteiger charge is 2.27. The van der Waals surface area contributed by atoms with E-state index in [1.165, 1.54) is 0 Å². The number of hydrogen-bond acceptors (Lipinski definition) is 3. The van der Waals surface area contributed by atoms with Crippen molar-refractivity contribution in [3.8, 4) is 0 Å². The second kappa shape index (κ2) is 7.06. The second-order valence-electron chi connectivity index (χ2n) is 5.43. The molecule has 0 radical (unpaired) electrons. The molecule has 1 fully saturated rings. The van der Waals surface area contributed by atoms with Crippen LogP contribution >= 0.6 is 0 Å². The van der Waals surface area contributed by atoms with Crippen molar-refractivity contribution < 1.29 is 14.7 Å². The Hall–Kier alpha value is -2.11. The standard InChI is InChI=1S/C15H21N3O3/c1-11-4-5-13(17-9-11)6-7-16-15(21)18-8-2-3-12(10-18)14(19)20/h4-5,9,12H,2-3,6-8,10H2,1H3,(H,16,21)(H,19,20). The van der Waals surface area contributed by atoms with E-state index in [-0.39, 0.29) is 6.03 Å². The minimum absolute atomic E-state index is 0.187. The van der Waals surface area contributed by atoms with E-state index in [0.717, 1.165) is 17.7 Å². The molecule has 114 valence electrons. The number of pyridine rings is 1. The van der Waals surface area contributed by atoms with Crippen LogP contribution in [0.15, 0.2) is 18.3 Å². The quantitative estimate of drug-likeness (QED) is 0.879. The molecule has 0 bridgehead atoms. The molecular weight excluding hydrogens is 270 g/mol. The van der Waals surface area contributed by atoms with Crippen molar-refractivity contribution in [2.24, 2.45) is 5.92 Å². The number of carboxylic acids is 1. The van der Waals surface area contributed by atoms with E-state index in [1.807, 2.05) is 19.1 Å². The molecule has 2 rings (SSSR count). The number of aliphatic carboxylic acids is 1. The fourth-order valence-corrected chi connectivity index (χ4v) is 2.42. The van der Waals surface area contributed by atoms with Crippen molar-refractivity contribution >= 4 is 12.0 Å². The van der Waals surface area contributed by atoms with Gasteiger partial charge in [-0.2, -0.15) is 0 Å². The molecule has 0 saturated carbocycles. The summed E-state index contributed by atoms with van der Waals surface area (Å²) in [5.74, 6) is -1.26. The lowest BCUT2D eigenvalue weighted by molar-refractivity contribution is -0.143. The molecule has 6 heteroatoms. The van der Waals surface area contributed by atoms with E-state index in [0.29, 0.717) is 32.5 Å². The van der Waals surface area contributed by atoms with Crippen molar-refractivity contribution in [1.82, 2.24) is 15.2 Å². The summed E-state index contributed by atoms with van der Waals surface area (Å²) in [4.78, 5) is 28.9. The number of aryl methyl sites for hydroxylation is 1. The van der Waals surface area contributed by atoms with Crippen LogP contribution in [0.4, 0.5) is 4.79 Å². The van der Waals surface area contributed by atoms with E-state index in [2.05, 4.69) is 10.3 Å². The minimum Gasteiger partial charge on any atom is -0.481 e. The Morgan fingerprint density at radius 2 is 2.29 bits per heavy atom. The molecule has 1 aliphatic rings. The first-order valence-corrected chi connectivity index (χ1v) is 7.23. The first-order valence-electron chi connectivity index (χ1n) is 7.23. The molecule has 1 aliphatic heterocycles. The summed E-state index contributed by atoms with van der Waals surface area (Å²) < 4.78 is 0. The Kier molecular flexibility index (Phi) is 5.14. The monoisotopic (exact) mass is 291 g/mol. The fraction of sp³-hybridized carbons (Fsp3) is 0.533. The zero-order chi connectivity index (χ0) is 15.2. The Bertz CT molecular complexity index is 501. The van der Waals surface area contributed by atoms with E-state index in [4.69, 9.17) is 5.11 Å². The predicted molar refractivity (Wildman–Crippen MR) is 78.0 cm³/mol. The zero-order valence-electron chi connectivity index (χ0n) is 12.2. The minimum atomic E-state index is -0.823. The predicted octanol–water partition coefficient (Wildman–Crippen LogP) is 1.44. The molecule has 1 unspecified atom stereocenters. The number of likely N-dealkylation sites (tertiary alicyclic amines) is 1. The highest BCUT2D eigenvalue weighted by molar-refractivity contribution is 5.76. The van der Waals surface area contributed by atoms with Gasteiger partial charge in [-0.05, 0) is 31.4 Å². The molecule has 21 heavy (non-hydrogen) atoms. The number of carbonyl (C=O) groups excluding carboxylic acids is 1. The third-order valence-corrected chi connectivity index (χ3v) is 3.69. The number of aromatic nitrogens is 1. The first kappa shape index (κ1) is 15.3. The molecule has 2 N–H and O–H groups in total. The summed E-state index contributed by atoms with van der Waals surface area (Å²) >= 11 is 0. The molecule has 1 aromatic heterocycles. The smallest absolute Gasteiger partial charge is 0.317 e. The molecule has 2 amide bonds. The summed E-state index contributed by atoms with van der Waals surface area (Å²) in [7, 11) is 0. The van der Waals surface area contributed by atoms with Crippen LogP contribution in [0.2, 0.25) is 0 Å². The van der Waals surface area contributed by atoms with Crippen molar-refractivity contribution in [3.63, 3.8) is 0 Å². The lowest BCUT2D eigenvalue weighted by Gasteiger charge is -2.30. The van der Waals surface area contributed by atoms with Crippen LogP contribution in [-0.4, -0.2) is 46.6 Å². The Morgan fingerprint density at radius 1 is 1.48 bits per heavy atom. The SMILES string of the molecule is Cc1ccc(CCNC(=O)N2CCCC(C(=O)O)C2)nc1. The molecule has 6 nitrogen and oxygen atoms in total. The summed E-state index contributed by atoms with van der Waals surface area (Å²) in [5.41, 5.74) is 2.04. The maximum Gasteiger partial charge on any atom is 0.317 e. The lowest BCUT2D eigenvalue weighted by atomic mass is 9.99. The number of carboxylic acid groups (broad SMARTS) is 1. The molecule has 2 heterocycles. The summed E-state index contributed by atoms with van der Waals surface area (Å²) in [6.45, 7) is 3.40. The number of piperidine rings is 1. The number of amides is 2. The van der Waals surface area contributed by atoms with Crippen LogP contribution in [-0.2, 0) is 11.2 Å². The number of hydrogen-bond donors (Lipinski definition) is 2.